The first-order valence-corrected chi connectivity index (χ1v) is 18.2. The van der Waals surface area contributed by atoms with Crippen LogP contribution in [0, 0.1) is 11.8 Å². The standard InChI is InChI=1S/C40H54N2O7/c1-3-48-17-5-14-41-15-12-25-6-4-7-29(18-25)31-20-27(9-11-34(31)43)28-8-10-30-35(44)23-38(49-37(30)21-28)32-22-36(45)39(46)40(47-2)33(32)19-26-13-16-42-24-26/h4,7,9,11,13,16,20,22,24-25,28-30,35,37-38,41-46H,3,5-6,8,10,12,14-15,17-19,21,23H2,1-2H3/t25-,28+,29+,30-,35-,37-,38-/m0/s1. The van der Waals surface area contributed by atoms with Crippen molar-refractivity contribution in [1.29, 1.82) is 0 Å². The van der Waals surface area contributed by atoms with Crippen molar-refractivity contribution in [3.05, 3.63) is 82.7 Å². The average molecular weight is 675 g/mol. The summed E-state index contributed by atoms with van der Waals surface area (Å²) in [6.07, 6.45) is 14.8. The number of H-pyrrole nitrogens is 1. The van der Waals surface area contributed by atoms with Gasteiger partial charge in [-0.15, -0.1) is 0 Å². The van der Waals surface area contributed by atoms with Crippen LogP contribution in [0.4, 0.5) is 0 Å². The normalized spacial score (nSPS) is 26.8. The highest BCUT2D eigenvalue weighted by molar-refractivity contribution is 5.59. The zero-order valence-electron chi connectivity index (χ0n) is 28.9. The summed E-state index contributed by atoms with van der Waals surface area (Å²) in [5, 5.41) is 47.3. The number of methoxy groups -OCH3 is 1. The number of aromatic nitrogens is 1. The van der Waals surface area contributed by atoms with Gasteiger partial charge < -0.3 is 44.9 Å². The van der Waals surface area contributed by atoms with E-state index >= 15 is 0 Å². The Morgan fingerprint density at radius 1 is 1.00 bits per heavy atom. The molecule has 266 valence electrons. The van der Waals surface area contributed by atoms with Gasteiger partial charge in [0.15, 0.2) is 11.5 Å². The van der Waals surface area contributed by atoms with Gasteiger partial charge in [0.2, 0.25) is 5.75 Å². The maximum absolute atomic E-state index is 11.4. The number of allylic oxidation sites excluding steroid dienone is 2. The first kappa shape index (κ1) is 35.3. The summed E-state index contributed by atoms with van der Waals surface area (Å²) < 4.78 is 17.8. The highest BCUT2D eigenvalue weighted by Gasteiger charge is 2.43. The lowest BCUT2D eigenvalue weighted by molar-refractivity contribution is -0.154. The molecule has 0 bridgehead atoms. The number of phenolic OH excluding ortho intramolecular Hbond substituents is 3. The van der Waals surface area contributed by atoms with Gasteiger partial charge in [-0.3, -0.25) is 0 Å². The molecule has 7 atom stereocenters. The van der Waals surface area contributed by atoms with Crippen LogP contribution < -0.4 is 10.1 Å². The maximum atomic E-state index is 11.4. The van der Waals surface area contributed by atoms with Crippen LogP contribution in [0.2, 0.25) is 0 Å². The van der Waals surface area contributed by atoms with Crippen molar-refractivity contribution in [2.45, 2.75) is 94.9 Å². The zero-order valence-corrected chi connectivity index (χ0v) is 28.9. The Balaban J connectivity index is 1.14. The summed E-state index contributed by atoms with van der Waals surface area (Å²) >= 11 is 0. The van der Waals surface area contributed by atoms with E-state index in [1.54, 1.807) is 6.07 Å². The van der Waals surface area contributed by atoms with Crippen LogP contribution >= 0.6 is 0 Å². The second-order valence-electron chi connectivity index (χ2n) is 14.2. The number of ether oxygens (including phenoxy) is 3. The fourth-order valence-electron chi connectivity index (χ4n) is 8.40. The quantitative estimate of drug-likeness (QED) is 0.0614. The zero-order chi connectivity index (χ0) is 34.3. The van der Waals surface area contributed by atoms with E-state index in [0.29, 0.717) is 24.5 Å². The van der Waals surface area contributed by atoms with Gasteiger partial charge in [-0.1, -0.05) is 24.3 Å². The highest BCUT2D eigenvalue weighted by atomic mass is 16.5. The fourth-order valence-corrected chi connectivity index (χ4v) is 8.40. The van der Waals surface area contributed by atoms with E-state index in [1.165, 1.54) is 12.7 Å². The van der Waals surface area contributed by atoms with Crippen LogP contribution in [0.1, 0.15) is 104 Å². The van der Waals surface area contributed by atoms with Crippen molar-refractivity contribution in [1.82, 2.24) is 10.3 Å². The Hall–Kier alpha value is -3.50. The number of benzene rings is 2. The summed E-state index contributed by atoms with van der Waals surface area (Å²) in [5.41, 5.74) is 4.66. The summed E-state index contributed by atoms with van der Waals surface area (Å²) in [4.78, 5) is 3.08. The van der Waals surface area contributed by atoms with Crippen molar-refractivity contribution < 1.29 is 34.6 Å². The van der Waals surface area contributed by atoms with E-state index in [2.05, 4.69) is 34.6 Å². The number of nitrogens with one attached hydrogen (secondary N) is 2. The molecule has 6 rings (SSSR count). The number of fused-ring (bicyclic) bond motifs is 1. The second-order valence-corrected chi connectivity index (χ2v) is 14.2. The molecule has 2 aromatic carbocycles. The van der Waals surface area contributed by atoms with E-state index in [1.807, 2.05) is 31.5 Å². The largest absolute Gasteiger partial charge is 0.508 e. The topological polar surface area (TPSA) is 136 Å². The van der Waals surface area contributed by atoms with Crippen LogP contribution in [0.15, 0.2) is 54.9 Å². The van der Waals surface area contributed by atoms with Gasteiger partial charge in [-0.05, 0) is 112 Å². The van der Waals surface area contributed by atoms with Crippen molar-refractivity contribution in [2.75, 3.05) is 33.4 Å². The molecule has 0 radical (unpaired) electrons. The molecule has 9 heteroatoms. The van der Waals surface area contributed by atoms with Crippen molar-refractivity contribution in [3.8, 4) is 23.0 Å². The monoisotopic (exact) mass is 674 g/mol. The SMILES string of the molecule is CCOCCCNCC[C@@H]1CC=C[C@@H](c2cc([C@@H]3CC[C@@H]4[C@H](C3)O[C@H](c3cc(O)c(O)c(OC)c3Cc3cc[nH]c3)C[C@@H]4O)ccc2O)C1. The average Bonchev–Trinajstić information content (AvgIpc) is 3.63. The van der Waals surface area contributed by atoms with Crippen molar-refractivity contribution in [2.24, 2.45) is 11.8 Å². The van der Waals surface area contributed by atoms with Gasteiger partial charge in [0.05, 0.1) is 25.4 Å². The molecule has 3 aromatic rings. The van der Waals surface area contributed by atoms with Crippen LogP contribution in [0.5, 0.6) is 23.0 Å². The highest BCUT2D eigenvalue weighted by Crippen LogP contribution is 2.50. The molecule has 2 heterocycles. The number of aromatic amines is 1. The maximum Gasteiger partial charge on any atom is 0.200 e. The first-order chi connectivity index (χ1) is 23.9. The Morgan fingerprint density at radius 3 is 2.67 bits per heavy atom. The predicted octanol–water partition coefficient (Wildman–Crippen LogP) is 6.96. The van der Waals surface area contributed by atoms with E-state index in [9.17, 15) is 20.4 Å². The van der Waals surface area contributed by atoms with Gasteiger partial charge in [0, 0.05) is 61.4 Å². The molecule has 0 unspecified atom stereocenters. The number of aliphatic hydroxyl groups excluding tert-OH is 1. The minimum atomic E-state index is -0.550. The summed E-state index contributed by atoms with van der Waals surface area (Å²) in [6, 6.07) is 9.64. The number of rotatable bonds is 14. The van der Waals surface area contributed by atoms with Gasteiger partial charge in [-0.25, -0.2) is 0 Å². The molecule has 0 spiro atoms. The third kappa shape index (κ3) is 8.28. The summed E-state index contributed by atoms with van der Waals surface area (Å²) in [6.45, 7) is 5.56. The lowest BCUT2D eigenvalue weighted by atomic mass is 9.71. The Labute approximate surface area is 290 Å². The number of hydrogen-bond acceptors (Lipinski definition) is 8. The molecule has 1 saturated carbocycles. The van der Waals surface area contributed by atoms with E-state index in [-0.39, 0.29) is 41.1 Å². The third-order valence-corrected chi connectivity index (χ3v) is 11.0. The molecule has 1 aromatic heterocycles. The molecule has 2 aliphatic carbocycles. The van der Waals surface area contributed by atoms with Crippen molar-refractivity contribution >= 4 is 0 Å². The smallest absolute Gasteiger partial charge is 0.200 e. The number of aliphatic hydroxyl groups is 1. The fraction of sp³-hybridized carbons (Fsp3) is 0.550. The number of aromatic hydroxyl groups is 3. The molecule has 9 nitrogen and oxygen atoms in total. The second kappa shape index (κ2) is 16.5. The Morgan fingerprint density at radius 2 is 1.88 bits per heavy atom. The number of hydrogen-bond donors (Lipinski definition) is 6. The van der Waals surface area contributed by atoms with E-state index in [0.717, 1.165) is 93.5 Å². The molecule has 3 aliphatic rings. The molecular formula is C40H54N2O7. The lowest BCUT2D eigenvalue weighted by Gasteiger charge is -2.45. The molecule has 1 saturated heterocycles. The minimum absolute atomic E-state index is 0.0274. The van der Waals surface area contributed by atoms with Crippen molar-refractivity contribution in [3.63, 3.8) is 0 Å². The van der Waals surface area contributed by atoms with E-state index in [4.69, 9.17) is 14.2 Å². The molecule has 1 aliphatic heterocycles. The molecule has 2 fully saturated rings. The molecule has 0 amide bonds. The lowest BCUT2D eigenvalue weighted by Crippen LogP contribution is -2.44. The van der Waals surface area contributed by atoms with Crippen LogP contribution in [0.3, 0.4) is 0 Å². The van der Waals surface area contributed by atoms with E-state index < -0.39 is 12.2 Å². The number of phenols is 3. The summed E-state index contributed by atoms with van der Waals surface area (Å²) in [7, 11) is 1.48. The minimum Gasteiger partial charge on any atom is -0.508 e. The summed E-state index contributed by atoms with van der Waals surface area (Å²) in [5.74, 6) is 1.02. The van der Waals surface area contributed by atoms with Crippen LogP contribution in [-0.2, 0) is 15.9 Å². The molecular weight excluding hydrogens is 620 g/mol. The Kier molecular flexibility index (Phi) is 11.9. The van der Waals surface area contributed by atoms with Crippen LogP contribution in [0.25, 0.3) is 0 Å². The predicted molar refractivity (Wildman–Crippen MR) is 190 cm³/mol. The van der Waals surface area contributed by atoms with Gasteiger partial charge >= 0.3 is 0 Å². The van der Waals surface area contributed by atoms with Gasteiger partial charge in [-0.2, -0.15) is 0 Å². The van der Waals surface area contributed by atoms with Gasteiger partial charge in [0.1, 0.15) is 5.75 Å². The van der Waals surface area contributed by atoms with Crippen LogP contribution in [-0.4, -0.2) is 71.0 Å². The molecule has 6 N–H and O–H groups in total. The van der Waals surface area contributed by atoms with Gasteiger partial charge in [0.25, 0.3) is 0 Å². The molecule has 49 heavy (non-hydrogen) atoms. The first-order valence-electron chi connectivity index (χ1n) is 18.2. The third-order valence-electron chi connectivity index (χ3n) is 11.0. The Bertz CT molecular complexity index is 1540.